The van der Waals surface area contributed by atoms with Crippen LogP contribution in [0.2, 0.25) is 10.0 Å². The van der Waals surface area contributed by atoms with E-state index in [-0.39, 0.29) is 11.3 Å². The second kappa shape index (κ2) is 5.78. The second-order valence-corrected chi connectivity index (χ2v) is 6.81. The molecule has 1 rings (SSSR count). The lowest BCUT2D eigenvalue weighted by Crippen LogP contribution is -2.45. The highest BCUT2D eigenvalue weighted by Crippen LogP contribution is 2.34. The summed E-state index contributed by atoms with van der Waals surface area (Å²) in [6.45, 7) is 5.67. The van der Waals surface area contributed by atoms with E-state index in [2.05, 4.69) is 21.2 Å². The highest BCUT2D eigenvalue weighted by atomic mass is 79.9. The van der Waals surface area contributed by atoms with Crippen LogP contribution in [0.15, 0.2) is 16.6 Å². The Morgan fingerprint density at radius 1 is 1.33 bits per heavy atom. The molecule has 3 nitrogen and oxygen atoms in total. The van der Waals surface area contributed by atoms with Gasteiger partial charge in [0, 0.05) is 4.47 Å². The van der Waals surface area contributed by atoms with Gasteiger partial charge in [0.15, 0.2) is 0 Å². The lowest BCUT2D eigenvalue weighted by Gasteiger charge is -2.26. The fraction of sp³-hybridized carbons (Fsp3) is 0.417. The number of halogens is 3. The van der Waals surface area contributed by atoms with Gasteiger partial charge in [-0.1, -0.05) is 59.9 Å². The van der Waals surface area contributed by atoms with Gasteiger partial charge in [0.1, 0.15) is 0 Å². The van der Waals surface area contributed by atoms with Crippen molar-refractivity contribution < 1.29 is 4.79 Å². The third-order valence-corrected chi connectivity index (χ3v) is 3.52. The Morgan fingerprint density at radius 3 is 2.17 bits per heavy atom. The molecule has 3 N–H and O–H groups in total. The number of carbonyl (C=O) groups excluding carboxylic acids is 1. The molecule has 1 aromatic rings. The molecule has 0 fully saturated rings. The topological polar surface area (TPSA) is 55.1 Å². The van der Waals surface area contributed by atoms with Crippen LogP contribution in [-0.2, 0) is 4.79 Å². The van der Waals surface area contributed by atoms with Gasteiger partial charge in [0.05, 0.1) is 21.8 Å². The summed E-state index contributed by atoms with van der Waals surface area (Å²) in [5.41, 5.74) is 5.91. The Kier molecular flexibility index (Phi) is 5.06. The summed E-state index contributed by atoms with van der Waals surface area (Å²) in [7, 11) is 0. The fourth-order valence-corrected chi connectivity index (χ4v) is 2.56. The molecule has 0 spiro atoms. The smallest absolute Gasteiger partial charge is 0.241 e. The Hall–Kier alpha value is -0.290. The molecule has 0 heterocycles. The van der Waals surface area contributed by atoms with Gasteiger partial charge >= 0.3 is 0 Å². The van der Waals surface area contributed by atoms with Crippen molar-refractivity contribution in [2.75, 3.05) is 5.32 Å². The molecule has 1 aromatic carbocycles. The molecule has 0 aliphatic carbocycles. The number of nitrogens with two attached hydrogens (primary N) is 1. The van der Waals surface area contributed by atoms with Gasteiger partial charge < -0.3 is 11.1 Å². The number of nitrogens with one attached hydrogen (secondary N) is 1. The number of hydrogen-bond donors (Lipinski definition) is 2. The number of hydrogen-bond acceptors (Lipinski definition) is 2. The molecule has 100 valence electrons. The Balaban J connectivity index is 2.96. The zero-order valence-electron chi connectivity index (χ0n) is 10.4. The van der Waals surface area contributed by atoms with Crippen molar-refractivity contribution in [3.05, 3.63) is 26.7 Å². The maximum atomic E-state index is 12.0. The maximum absolute atomic E-state index is 12.0. The molecule has 0 bridgehead atoms. The lowest BCUT2D eigenvalue weighted by molar-refractivity contribution is -0.119. The summed E-state index contributed by atoms with van der Waals surface area (Å²) in [6.07, 6.45) is 0. The van der Waals surface area contributed by atoms with Crippen LogP contribution in [-0.4, -0.2) is 11.9 Å². The van der Waals surface area contributed by atoms with Crippen LogP contribution < -0.4 is 11.1 Å². The number of carbonyl (C=O) groups is 1. The SMILES string of the molecule is CC(C)(C)[C@@H](N)C(=O)Nc1c(Cl)cc(Br)cc1Cl. The van der Waals surface area contributed by atoms with Crippen molar-refractivity contribution in [1.29, 1.82) is 0 Å². The van der Waals surface area contributed by atoms with E-state index in [1.54, 1.807) is 12.1 Å². The van der Waals surface area contributed by atoms with Crippen LogP contribution in [0.4, 0.5) is 5.69 Å². The van der Waals surface area contributed by atoms with Gasteiger partial charge in [0.2, 0.25) is 5.91 Å². The largest absolute Gasteiger partial charge is 0.322 e. The van der Waals surface area contributed by atoms with E-state index in [1.807, 2.05) is 20.8 Å². The van der Waals surface area contributed by atoms with Gasteiger partial charge in [0.25, 0.3) is 0 Å². The second-order valence-electron chi connectivity index (χ2n) is 5.08. The third kappa shape index (κ3) is 3.85. The van der Waals surface area contributed by atoms with Crippen molar-refractivity contribution in [1.82, 2.24) is 0 Å². The zero-order valence-corrected chi connectivity index (χ0v) is 13.4. The summed E-state index contributed by atoms with van der Waals surface area (Å²) in [5, 5.41) is 3.39. The summed E-state index contributed by atoms with van der Waals surface area (Å²) >= 11 is 15.3. The van der Waals surface area contributed by atoms with E-state index in [4.69, 9.17) is 28.9 Å². The molecule has 0 aromatic heterocycles. The summed E-state index contributed by atoms with van der Waals surface area (Å²) in [4.78, 5) is 12.0. The van der Waals surface area contributed by atoms with Gasteiger partial charge in [-0.3, -0.25) is 4.79 Å². The number of amides is 1. The molecule has 0 saturated carbocycles. The Morgan fingerprint density at radius 2 is 1.78 bits per heavy atom. The average molecular weight is 354 g/mol. The minimum absolute atomic E-state index is 0.311. The van der Waals surface area contributed by atoms with E-state index in [0.717, 1.165) is 4.47 Å². The molecule has 0 radical (unpaired) electrons. The molecule has 18 heavy (non-hydrogen) atoms. The summed E-state index contributed by atoms with van der Waals surface area (Å²) in [6, 6.07) is 2.67. The van der Waals surface area contributed by atoms with Crippen molar-refractivity contribution in [2.24, 2.45) is 11.1 Å². The van der Waals surface area contributed by atoms with Crippen molar-refractivity contribution in [3.8, 4) is 0 Å². The van der Waals surface area contributed by atoms with Crippen molar-refractivity contribution in [2.45, 2.75) is 26.8 Å². The van der Waals surface area contributed by atoms with Crippen LogP contribution in [0.5, 0.6) is 0 Å². The molecule has 0 aliphatic rings. The van der Waals surface area contributed by atoms with E-state index in [0.29, 0.717) is 15.7 Å². The normalized spacial score (nSPS) is 13.3. The van der Waals surface area contributed by atoms with Crippen LogP contribution in [0.25, 0.3) is 0 Å². The fourth-order valence-electron chi connectivity index (χ4n) is 1.26. The number of benzene rings is 1. The predicted molar refractivity (Wildman–Crippen MR) is 80.2 cm³/mol. The number of rotatable bonds is 2. The first kappa shape index (κ1) is 15.8. The van der Waals surface area contributed by atoms with Crippen LogP contribution in [0.3, 0.4) is 0 Å². The standard InChI is InChI=1S/C12H15BrCl2N2O/c1-12(2,3)10(16)11(18)17-9-7(14)4-6(13)5-8(9)15/h4-5,10H,16H2,1-3H3,(H,17,18)/t10-/m0/s1. The molecule has 0 unspecified atom stereocenters. The van der Waals surface area contributed by atoms with Gasteiger partial charge in [-0.15, -0.1) is 0 Å². The van der Waals surface area contributed by atoms with Gasteiger partial charge in [-0.25, -0.2) is 0 Å². The molecule has 1 amide bonds. The van der Waals surface area contributed by atoms with E-state index in [9.17, 15) is 4.79 Å². The Bertz CT molecular complexity index is 449. The average Bonchev–Trinajstić information content (AvgIpc) is 2.20. The molecule has 0 aliphatic heterocycles. The quantitative estimate of drug-likeness (QED) is 0.841. The first-order chi connectivity index (χ1) is 8.12. The molecular formula is C12H15BrCl2N2O. The minimum Gasteiger partial charge on any atom is -0.322 e. The highest BCUT2D eigenvalue weighted by molar-refractivity contribution is 9.10. The van der Waals surface area contributed by atoms with Crippen molar-refractivity contribution >= 4 is 50.7 Å². The number of anilines is 1. The molecule has 1 atom stereocenters. The van der Waals surface area contributed by atoms with E-state index in [1.165, 1.54) is 0 Å². The summed E-state index contributed by atoms with van der Waals surface area (Å²) in [5.74, 6) is -0.311. The molecular weight excluding hydrogens is 339 g/mol. The van der Waals surface area contributed by atoms with E-state index < -0.39 is 6.04 Å². The highest BCUT2D eigenvalue weighted by Gasteiger charge is 2.28. The molecule has 6 heteroatoms. The predicted octanol–water partition coefficient (Wildman–Crippen LogP) is 4.07. The Labute approximate surface area is 125 Å². The first-order valence-corrected chi connectivity index (χ1v) is 6.89. The molecule has 0 saturated heterocycles. The van der Waals surface area contributed by atoms with Crippen LogP contribution in [0, 0.1) is 5.41 Å². The summed E-state index contributed by atoms with van der Waals surface area (Å²) < 4.78 is 0.746. The van der Waals surface area contributed by atoms with Crippen LogP contribution >= 0.6 is 39.1 Å². The zero-order chi connectivity index (χ0) is 14.1. The lowest BCUT2D eigenvalue weighted by atomic mass is 9.87. The maximum Gasteiger partial charge on any atom is 0.241 e. The third-order valence-electron chi connectivity index (χ3n) is 2.47. The first-order valence-electron chi connectivity index (χ1n) is 5.34. The van der Waals surface area contributed by atoms with Gasteiger partial charge in [-0.2, -0.15) is 0 Å². The van der Waals surface area contributed by atoms with Gasteiger partial charge in [-0.05, 0) is 17.5 Å². The monoisotopic (exact) mass is 352 g/mol. The van der Waals surface area contributed by atoms with Crippen molar-refractivity contribution in [3.63, 3.8) is 0 Å². The van der Waals surface area contributed by atoms with Crippen LogP contribution in [0.1, 0.15) is 20.8 Å². The van der Waals surface area contributed by atoms with E-state index >= 15 is 0 Å². The minimum atomic E-state index is -0.645.